The number of rotatable bonds is 1. The van der Waals surface area contributed by atoms with Crippen LogP contribution in [-0.4, -0.2) is 17.9 Å². The zero-order valence-corrected chi connectivity index (χ0v) is 7.77. The number of ether oxygens (including phenoxy) is 2. The standard InChI is InChI=1S/C8H11N3O3/c1-5-13-4-7(14-5)11-3-2-6(9)10-8(11)12/h2-3,5,7H,4H2,1H3,(H2,9,10,12)/p+1/t5-,7-/m0/s1. The number of nitrogens with two attached hydrogens (primary N) is 1. The van der Waals surface area contributed by atoms with Crippen molar-refractivity contribution in [2.24, 2.45) is 0 Å². The first-order valence-corrected chi connectivity index (χ1v) is 4.34. The van der Waals surface area contributed by atoms with Crippen molar-refractivity contribution in [3.63, 3.8) is 0 Å². The van der Waals surface area contributed by atoms with Crippen molar-refractivity contribution < 1.29 is 14.0 Å². The van der Waals surface area contributed by atoms with Crippen molar-refractivity contribution in [2.45, 2.75) is 19.4 Å². The Balaban J connectivity index is 2.29. The molecular weight excluding hydrogens is 186 g/mol. The molecule has 0 spiro atoms. The maximum Gasteiger partial charge on any atom is 0.499 e. The molecule has 6 nitrogen and oxygen atoms in total. The van der Waals surface area contributed by atoms with Crippen LogP contribution in [0.4, 0.5) is 5.82 Å². The Morgan fingerprint density at radius 2 is 2.50 bits per heavy atom. The van der Waals surface area contributed by atoms with Crippen molar-refractivity contribution in [1.29, 1.82) is 0 Å². The van der Waals surface area contributed by atoms with Gasteiger partial charge in [0.25, 0.3) is 0 Å². The number of aromatic amines is 1. The minimum atomic E-state index is -0.366. The maximum absolute atomic E-state index is 11.4. The molecule has 2 rings (SSSR count). The summed E-state index contributed by atoms with van der Waals surface area (Å²) in [5.74, 6) is 0.332. The fourth-order valence-electron chi connectivity index (χ4n) is 1.35. The number of H-pyrrole nitrogens is 1. The van der Waals surface area contributed by atoms with Gasteiger partial charge in [0.15, 0.2) is 12.1 Å². The lowest BCUT2D eigenvalue weighted by Gasteiger charge is -2.04. The van der Waals surface area contributed by atoms with E-state index >= 15 is 0 Å². The van der Waals surface area contributed by atoms with Crippen molar-refractivity contribution in [3.8, 4) is 0 Å². The van der Waals surface area contributed by atoms with Gasteiger partial charge >= 0.3 is 5.69 Å². The second-order valence-corrected chi connectivity index (χ2v) is 3.10. The van der Waals surface area contributed by atoms with E-state index in [1.807, 2.05) is 0 Å². The molecule has 2 atom stereocenters. The molecule has 0 amide bonds. The normalized spacial score (nSPS) is 26.6. The molecule has 0 unspecified atom stereocenters. The summed E-state index contributed by atoms with van der Waals surface area (Å²) in [7, 11) is 0. The predicted molar refractivity (Wildman–Crippen MR) is 47.2 cm³/mol. The van der Waals surface area contributed by atoms with Gasteiger partial charge in [0.05, 0.1) is 0 Å². The second-order valence-electron chi connectivity index (χ2n) is 3.10. The molecule has 14 heavy (non-hydrogen) atoms. The van der Waals surface area contributed by atoms with Gasteiger partial charge < -0.3 is 15.2 Å². The third-order valence-electron chi connectivity index (χ3n) is 2.03. The quantitative estimate of drug-likeness (QED) is 0.575. The van der Waals surface area contributed by atoms with E-state index in [2.05, 4.69) is 4.98 Å². The van der Waals surface area contributed by atoms with Crippen LogP contribution < -0.4 is 16.0 Å². The lowest BCUT2D eigenvalue weighted by atomic mass is 10.5. The molecule has 1 aromatic rings. The van der Waals surface area contributed by atoms with Gasteiger partial charge in [-0.15, -0.1) is 0 Å². The van der Waals surface area contributed by atoms with Crippen LogP contribution in [0.25, 0.3) is 0 Å². The number of nitrogens with one attached hydrogen (secondary N) is 1. The molecule has 1 saturated heterocycles. The first-order chi connectivity index (χ1) is 6.66. The van der Waals surface area contributed by atoms with E-state index in [0.29, 0.717) is 12.4 Å². The molecule has 1 fully saturated rings. The van der Waals surface area contributed by atoms with Gasteiger partial charge in [0.1, 0.15) is 12.8 Å². The largest absolute Gasteiger partial charge is 0.499 e. The molecule has 1 aliphatic rings. The molecule has 2 heterocycles. The summed E-state index contributed by atoms with van der Waals surface area (Å²) in [4.78, 5) is 13.9. The Labute approximate surface area is 80.3 Å². The van der Waals surface area contributed by atoms with Gasteiger partial charge in [0, 0.05) is 6.07 Å². The maximum atomic E-state index is 11.4. The number of nitrogen functional groups attached to an aromatic ring is 1. The van der Waals surface area contributed by atoms with Crippen LogP contribution in [0.15, 0.2) is 17.1 Å². The van der Waals surface area contributed by atoms with E-state index in [0.717, 1.165) is 0 Å². The van der Waals surface area contributed by atoms with Gasteiger partial charge in [-0.2, -0.15) is 14.3 Å². The van der Waals surface area contributed by atoms with Crippen LogP contribution in [0.2, 0.25) is 0 Å². The lowest BCUT2D eigenvalue weighted by Crippen LogP contribution is -2.55. The highest BCUT2D eigenvalue weighted by molar-refractivity contribution is 5.21. The number of anilines is 1. The first-order valence-electron chi connectivity index (χ1n) is 4.34. The van der Waals surface area contributed by atoms with Crippen LogP contribution in [0.5, 0.6) is 0 Å². The van der Waals surface area contributed by atoms with E-state index in [1.54, 1.807) is 19.2 Å². The van der Waals surface area contributed by atoms with E-state index in [1.165, 1.54) is 4.57 Å². The predicted octanol–water partition coefficient (Wildman–Crippen LogP) is -0.864. The SMILES string of the molecule is C[C@H]1OC[C@@H]([n+]2ccc(N)[nH]c2=O)O1. The van der Waals surface area contributed by atoms with E-state index in [9.17, 15) is 4.79 Å². The molecule has 3 N–H and O–H groups in total. The van der Waals surface area contributed by atoms with Crippen molar-refractivity contribution in [3.05, 3.63) is 22.7 Å². The summed E-state index contributed by atoms with van der Waals surface area (Å²) in [5, 5.41) is 0. The molecule has 0 saturated carbocycles. The summed E-state index contributed by atoms with van der Waals surface area (Å²) in [6, 6.07) is 1.60. The Morgan fingerprint density at radius 1 is 1.71 bits per heavy atom. The minimum Gasteiger partial charge on any atom is -0.366 e. The molecule has 0 aliphatic carbocycles. The van der Waals surface area contributed by atoms with E-state index in [4.69, 9.17) is 15.2 Å². The molecule has 0 radical (unpaired) electrons. The molecule has 1 aromatic heterocycles. The van der Waals surface area contributed by atoms with Gasteiger partial charge in [0.2, 0.25) is 6.23 Å². The highest BCUT2D eigenvalue weighted by atomic mass is 16.7. The van der Waals surface area contributed by atoms with E-state index < -0.39 is 0 Å². The van der Waals surface area contributed by atoms with Gasteiger partial charge in [-0.1, -0.05) is 0 Å². The number of hydrogen-bond donors (Lipinski definition) is 2. The fourth-order valence-corrected chi connectivity index (χ4v) is 1.35. The summed E-state index contributed by atoms with van der Waals surface area (Å²) in [6.45, 7) is 2.16. The highest BCUT2D eigenvalue weighted by Crippen LogP contribution is 2.13. The first kappa shape index (κ1) is 9.17. The molecule has 0 bridgehead atoms. The molecule has 76 valence electrons. The third-order valence-corrected chi connectivity index (χ3v) is 2.03. The van der Waals surface area contributed by atoms with Crippen LogP contribution >= 0.6 is 0 Å². The van der Waals surface area contributed by atoms with Crippen molar-refractivity contribution in [2.75, 3.05) is 12.3 Å². The Kier molecular flexibility index (Phi) is 2.22. The molecular formula is C8H12N3O3+. The zero-order chi connectivity index (χ0) is 10.1. The lowest BCUT2D eigenvalue weighted by molar-refractivity contribution is -0.771. The second kappa shape index (κ2) is 3.39. The molecule has 6 heteroatoms. The van der Waals surface area contributed by atoms with Crippen molar-refractivity contribution >= 4 is 5.82 Å². The third kappa shape index (κ3) is 1.61. The van der Waals surface area contributed by atoms with Crippen LogP contribution in [0, 0.1) is 0 Å². The molecule has 1 aliphatic heterocycles. The van der Waals surface area contributed by atoms with Gasteiger partial charge in [-0.25, -0.2) is 0 Å². The number of hydrogen-bond acceptors (Lipinski definition) is 4. The van der Waals surface area contributed by atoms with Crippen molar-refractivity contribution in [1.82, 2.24) is 4.98 Å². The summed E-state index contributed by atoms with van der Waals surface area (Å²) < 4.78 is 11.9. The van der Waals surface area contributed by atoms with Crippen LogP contribution in [0.3, 0.4) is 0 Å². The Bertz CT molecular complexity index is 390. The smallest absolute Gasteiger partial charge is 0.366 e. The summed E-state index contributed by atoms with van der Waals surface area (Å²) >= 11 is 0. The fraction of sp³-hybridized carbons (Fsp3) is 0.500. The Morgan fingerprint density at radius 3 is 3.07 bits per heavy atom. The summed E-state index contributed by atoms with van der Waals surface area (Å²) in [6.07, 6.45) is 0.944. The zero-order valence-electron chi connectivity index (χ0n) is 7.77. The average Bonchev–Trinajstić information content (AvgIpc) is 2.51. The van der Waals surface area contributed by atoms with E-state index in [-0.39, 0.29) is 18.2 Å². The topological polar surface area (TPSA) is 81.2 Å². The summed E-state index contributed by atoms with van der Waals surface area (Å²) in [5.41, 5.74) is 5.11. The number of nitrogens with zero attached hydrogens (tertiary/aromatic N) is 1. The molecule has 0 aromatic carbocycles. The van der Waals surface area contributed by atoms with Crippen LogP contribution in [-0.2, 0) is 9.47 Å². The highest BCUT2D eigenvalue weighted by Gasteiger charge is 2.29. The van der Waals surface area contributed by atoms with Gasteiger partial charge in [-0.05, 0) is 6.92 Å². The van der Waals surface area contributed by atoms with Gasteiger partial charge in [-0.3, -0.25) is 0 Å². The number of aromatic nitrogens is 2. The Hall–Kier alpha value is -1.40. The minimum absolute atomic E-state index is 0.274. The average molecular weight is 198 g/mol. The van der Waals surface area contributed by atoms with Crippen LogP contribution in [0.1, 0.15) is 13.2 Å². The monoisotopic (exact) mass is 198 g/mol.